The summed E-state index contributed by atoms with van der Waals surface area (Å²) in [7, 11) is 0. The average molecular weight is 276 g/mol. The van der Waals surface area contributed by atoms with Gasteiger partial charge in [0, 0.05) is 0 Å². The van der Waals surface area contributed by atoms with Crippen LogP contribution in [0, 0.1) is 0 Å². The van der Waals surface area contributed by atoms with Crippen LogP contribution in [0.5, 0.6) is 0 Å². The van der Waals surface area contributed by atoms with Gasteiger partial charge in [-0.05, 0) is 0 Å². The van der Waals surface area contributed by atoms with Gasteiger partial charge in [0.25, 0.3) is 0 Å². The van der Waals surface area contributed by atoms with Gasteiger partial charge in [0.2, 0.25) is 5.95 Å². The predicted molar refractivity (Wildman–Crippen MR) is 53.6 cm³/mol. The molecule has 0 fully saturated rings. The summed E-state index contributed by atoms with van der Waals surface area (Å²) < 4.78 is 1.72. The minimum Gasteiger partial charge on any atom is -0.382 e. The molecule has 0 saturated carbocycles. The number of nitrogens with two attached hydrogens (primary N) is 2. The van der Waals surface area contributed by atoms with Gasteiger partial charge < -0.3 is 11.5 Å². The molecule has 6 nitrogen and oxygen atoms in total. The zero-order chi connectivity index (χ0) is 8.72. The van der Waals surface area contributed by atoms with Crippen LogP contribution in [0.15, 0.2) is 6.33 Å². The molecule has 0 radical (unpaired) electrons. The molecule has 7 heteroatoms. The smallest absolute Gasteiger partial charge is 0.224 e. The Labute approximate surface area is 81.5 Å². The van der Waals surface area contributed by atoms with Crippen LogP contribution < -0.4 is 11.5 Å². The number of imidazole rings is 1. The lowest BCUT2D eigenvalue weighted by Gasteiger charge is -1.96. The Morgan fingerprint density at radius 2 is 2.08 bits per heavy atom. The molecule has 0 bridgehead atoms. The Morgan fingerprint density at radius 3 is 2.83 bits per heavy atom. The minimum atomic E-state index is 0.148. The second-order valence-corrected chi connectivity index (χ2v) is 3.23. The number of nitrogens with zero attached hydrogens (tertiary/aromatic N) is 4. The van der Waals surface area contributed by atoms with Crippen LogP contribution in [0.2, 0.25) is 0 Å². The fourth-order valence-electron chi connectivity index (χ4n) is 0.935. The van der Waals surface area contributed by atoms with Crippen LogP contribution in [0.1, 0.15) is 0 Å². The lowest BCUT2D eigenvalue weighted by molar-refractivity contribution is 1.22. The van der Waals surface area contributed by atoms with E-state index in [2.05, 4.69) is 15.0 Å². The molecular formula is C5H5IN6. The maximum atomic E-state index is 5.61. The number of fused-ring (bicyclic) bond motifs is 1. The highest BCUT2D eigenvalue weighted by Gasteiger charge is 2.07. The summed E-state index contributed by atoms with van der Waals surface area (Å²) in [5, 5.41) is 0. The Morgan fingerprint density at radius 1 is 1.33 bits per heavy atom. The van der Waals surface area contributed by atoms with Crippen molar-refractivity contribution in [3.63, 3.8) is 0 Å². The molecule has 0 atom stereocenters. The Bertz CT molecular complexity index is 435. The first kappa shape index (κ1) is 7.53. The molecule has 0 amide bonds. The minimum absolute atomic E-state index is 0.148. The standard InChI is InChI=1S/C5H5IN6/c6-12-1-9-4-2(12)3(7)10-5(8)11-4/h1H,(H4,7,8,10,11). The van der Waals surface area contributed by atoms with Crippen molar-refractivity contribution >= 4 is 45.8 Å². The van der Waals surface area contributed by atoms with Crippen molar-refractivity contribution in [2.24, 2.45) is 0 Å². The van der Waals surface area contributed by atoms with Crippen molar-refractivity contribution in [3.05, 3.63) is 6.33 Å². The largest absolute Gasteiger partial charge is 0.382 e. The first-order valence-corrected chi connectivity index (χ1v) is 4.07. The van der Waals surface area contributed by atoms with Gasteiger partial charge in [-0.2, -0.15) is 9.97 Å². The van der Waals surface area contributed by atoms with Crippen LogP contribution in [0.4, 0.5) is 11.8 Å². The maximum Gasteiger partial charge on any atom is 0.224 e. The summed E-state index contributed by atoms with van der Waals surface area (Å²) in [6.45, 7) is 0. The number of halogens is 1. The van der Waals surface area contributed by atoms with Crippen molar-refractivity contribution in [1.29, 1.82) is 0 Å². The molecule has 0 aliphatic heterocycles. The zero-order valence-electron chi connectivity index (χ0n) is 5.90. The van der Waals surface area contributed by atoms with Crippen LogP contribution in [-0.2, 0) is 0 Å². The molecule has 2 aromatic heterocycles. The van der Waals surface area contributed by atoms with E-state index in [0.717, 1.165) is 0 Å². The number of nitrogen functional groups attached to an aromatic ring is 2. The Balaban J connectivity index is 2.93. The number of anilines is 2. The topological polar surface area (TPSA) is 95.6 Å². The Kier molecular flexibility index (Phi) is 1.53. The van der Waals surface area contributed by atoms with E-state index in [9.17, 15) is 0 Å². The molecule has 12 heavy (non-hydrogen) atoms. The highest BCUT2D eigenvalue weighted by atomic mass is 127. The SMILES string of the molecule is Nc1nc(N)c2c(ncn2I)n1. The third kappa shape index (κ3) is 0.967. The maximum absolute atomic E-state index is 5.61. The molecule has 0 spiro atoms. The number of rotatable bonds is 0. The lowest BCUT2D eigenvalue weighted by atomic mass is 10.5. The monoisotopic (exact) mass is 276 g/mol. The molecule has 0 aliphatic rings. The molecule has 0 unspecified atom stereocenters. The summed E-state index contributed by atoms with van der Waals surface area (Å²) in [5.74, 6) is 0.500. The van der Waals surface area contributed by atoms with Crippen LogP contribution >= 0.6 is 22.9 Å². The second kappa shape index (κ2) is 2.44. The highest BCUT2D eigenvalue weighted by Crippen LogP contribution is 2.18. The summed E-state index contributed by atoms with van der Waals surface area (Å²) in [6, 6.07) is 0. The predicted octanol–water partition coefficient (Wildman–Crippen LogP) is 0.189. The van der Waals surface area contributed by atoms with Gasteiger partial charge in [-0.1, -0.05) is 0 Å². The molecule has 0 aliphatic carbocycles. The average Bonchev–Trinajstić information content (AvgIpc) is 2.31. The third-order valence-corrected chi connectivity index (χ3v) is 2.14. The molecule has 0 aromatic carbocycles. The summed E-state index contributed by atoms with van der Waals surface area (Å²) in [5.41, 5.74) is 12.2. The van der Waals surface area contributed by atoms with Crippen molar-refractivity contribution < 1.29 is 0 Å². The summed E-state index contributed by atoms with van der Waals surface area (Å²) >= 11 is 2.04. The normalized spacial score (nSPS) is 10.8. The molecule has 4 N–H and O–H groups in total. The van der Waals surface area contributed by atoms with Crippen molar-refractivity contribution in [2.75, 3.05) is 11.5 Å². The molecule has 62 valence electrons. The summed E-state index contributed by atoms with van der Waals surface area (Å²) in [4.78, 5) is 11.7. The van der Waals surface area contributed by atoms with Gasteiger partial charge in [0.15, 0.2) is 11.5 Å². The van der Waals surface area contributed by atoms with E-state index in [0.29, 0.717) is 17.0 Å². The third-order valence-electron chi connectivity index (χ3n) is 1.40. The van der Waals surface area contributed by atoms with Crippen LogP contribution in [-0.4, -0.2) is 17.7 Å². The number of hydrogen-bond acceptors (Lipinski definition) is 5. The number of hydrogen-bond donors (Lipinski definition) is 2. The van der Waals surface area contributed by atoms with Crippen molar-refractivity contribution in [3.8, 4) is 0 Å². The van der Waals surface area contributed by atoms with Gasteiger partial charge in [-0.15, -0.1) is 0 Å². The van der Waals surface area contributed by atoms with E-state index in [4.69, 9.17) is 11.5 Å². The van der Waals surface area contributed by atoms with Gasteiger partial charge in [0.05, 0.1) is 22.9 Å². The molecule has 2 rings (SSSR count). The molecule has 2 aromatic rings. The molecular weight excluding hydrogens is 271 g/mol. The van der Waals surface area contributed by atoms with E-state index in [1.165, 1.54) is 0 Å². The first-order valence-electron chi connectivity index (χ1n) is 3.10. The van der Waals surface area contributed by atoms with E-state index in [-0.39, 0.29) is 5.95 Å². The molecule has 2 heterocycles. The number of aromatic nitrogens is 4. The fraction of sp³-hybridized carbons (Fsp3) is 0. The van der Waals surface area contributed by atoms with Crippen molar-refractivity contribution in [1.82, 2.24) is 17.7 Å². The molecule has 0 saturated heterocycles. The van der Waals surface area contributed by atoms with E-state index in [1.54, 1.807) is 9.11 Å². The Hall–Kier alpha value is -1.12. The van der Waals surface area contributed by atoms with Gasteiger partial charge >= 0.3 is 0 Å². The van der Waals surface area contributed by atoms with E-state index >= 15 is 0 Å². The van der Waals surface area contributed by atoms with Crippen LogP contribution in [0.25, 0.3) is 11.2 Å². The second-order valence-electron chi connectivity index (χ2n) is 2.20. The lowest BCUT2D eigenvalue weighted by Crippen LogP contribution is -2.00. The van der Waals surface area contributed by atoms with Crippen molar-refractivity contribution in [2.45, 2.75) is 0 Å². The van der Waals surface area contributed by atoms with Gasteiger partial charge in [0.1, 0.15) is 11.8 Å². The van der Waals surface area contributed by atoms with Gasteiger partial charge in [-0.25, -0.2) is 4.98 Å². The van der Waals surface area contributed by atoms with Gasteiger partial charge in [-0.3, -0.25) is 2.78 Å². The quantitative estimate of drug-likeness (QED) is 0.669. The first-order chi connectivity index (χ1) is 5.68. The van der Waals surface area contributed by atoms with E-state index < -0.39 is 0 Å². The fourth-order valence-corrected chi connectivity index (χ4v) is 1.52. The van der Waals surface area contributed by atoms with E-state index in [1.807, 2.05) is 22.9 Å². The van der Waals surface area contributed by atoms with Crippen LogP contribution in [0.3, 0.4) is 0 Å². The zero-order valence-corrected chi connectivity index (χ0v) is 8.06. The highest BCUT2D eigenvalue weighted by molar-refractivity contribution is 14.1. The summed E-state index contributed by atoms with van der Waals surface area (Å²) in [6.07, 6.45) is 1.61.